The molecular weight excluding hydrogens is 538 g/mol. The van der Waals surface area contributed by atoms with Crippen molar-refractivity contribution >= 4 is 23.7 Å². The zero-order valence-electron chi connectivity index (χ0n) is 24.3. The van der Waals surface area contributed by atoms with Crippen LogP contribution >= 0.6 is 0 Å². The van der Waals surface area contributed by atoms with Crippen molar-refractivity contribution in [2.75, 3.05) is 6.54 Å². The lowest BCUT2D eigenvalue weighted by Crippen LogP contribution is -2.57. The topological polar surface area (TPSA) is 144 Å². The van der Waals surface area contributed by atoms with Crippen LogP contribution in [0.3, 0.4) is 0 Å². The first-order valence-corrected chi connectivity index (χ1v) is 14.2. The summed E-state index contributed by atoms with van der Waals surface area (Å²) >= 11 is 0. The molecular formula is C31H37N5O6. The van der Waals surface area contributed by atoms with Crippen LogP contribution in [0, 0.1) is 11.8 Å². The van der Waals surface area contributed by atoms with Gasteiger partial charge >= 0.3 is 6.09 Å². The van der Waals surface area contributed by atoms with Gasteiger partial charge in [-0.1, -0.05) is 76.2 Å². The van der Waals surface area contributed by atoms with E-state index in [4.69, 9.17) is 9.15 Å². The average Bonchev–Trinajstić information content (AvgIpc) is 3.68. The Morgan fingerprint density at radius 1 is 0.905 bits per heavy atom. The molecule has 0 radical (unpaired) electrons. The Labute approximate surface area is 245 Å². The first-order valence-electron chi connectivity index (χ1n) is 14.2. The van der Waals surface area contributed by atoms with Crippen LogP contribution in [0.1, 0.15) is 56.8 Å². The van der Waals surface area contributed by atoms with E-state index in [1.165, 1.54) is 4.90 Å². The first kappa shape index (κ1) is 30.4. The van der Waals surface area contributed by atoms with E-state index in [9.17, 15) is 19.2 Å². The predicted molar refractivity (Wildman–Crippen MR) is 154 cm³/mol. The van der Waals surface area contributed by atoms with Gasteiger partial charge in [0.25, 0.3) is 5.89 Å². The van der Waals surface area contributed by atoms with Crippen molar-refractivity contribution < 1.29 is 28.3 Å². The average molecular weight is 576 g/mol. The van der Waals surface area contributed by atoms with Crippen LogP contribution in [-0.4, -0.2) is 63.5 Å². The second kappa shape index (κ2) is 13.9. The summed E-state index contributed by atoms with van der Waals surface area (Å²) in [6.45, 7) is 7.64. The molecule has 1 aliphatic heterocycles. The van der Waals surface area contributed by atoms with Crippen LogP contribution in [0.15, 0.2) is 65.1 Å². The number of hydrogen-bond donors (Lipinski definition) is 2. The summed E-state index contributed by atoms with van der Waals surface area (Å²) in [4.78, 5) is 54.4. The van der Waals surface area contributed by atoms with Crippen molar-refractivity contribution in [3.63, 3.8) is 0 Å². The van der Waals surface area contributed by atoms with E-state index in [2.05, 4.69) is 20.8 Å². The molecule has 1 fully saturated rings. The van der Waals surface area contributed by atoms with Gasteiger partial charge in [0.2, 0.25) is 23.5 Å². The van der Waals surface area contributed by atoms with Gasteiger partial charge in [0, 0.05) is 12.1 Å². The van der Waals surface area contributed by atoms with Crippen LogP contribution in [0.4, 0.5) is 4.79 Å². The quantitative estimate of drug-likeness (QED) is 0.327. The highest BCUT2D eigenvalue weighted by Gasteiger charge is 2.40. The zero-order chi connectivity index (χ0) is 30.2. The molecule has 2 unspecified atom stereocenters. The summed E-state index contributed by atoms with van der Waals surface area (Å²) in [5, 5.41) is 13.4. The fraction of sp³-hybridized carbons (Fsp3) is 0.419. The molecule has 222 valence electrons. The van der Waals surface area contributed by atoms with Crippen molar-refractivity contribution in [1.82, 2.24) is 25.7 Å². The van der Waals surface area contributed by atoms with E-state index in [0.29, 0.717) is 24.9 Å². The van der Waals surface area contributed by atoms with Crippen LogP contribution < -0.4 is 10.6 Å². The molecule has 0 bridgehead atoms. The smallest absolute Gasteiger partial charge is 0.408 e. The highest BCUT2D eigenvalue weighted by molar-refractivity contribution is 6.00. The molecule has 11 nitrogen and oxygen atoms in total. The van der Waals surface area contributed by atoms with E-state index in [1.807, 2.05) is 62.4 Å². The van der Waals surface area contributed by atoms with E-state index >= 15 is 0 Å². The van der Waals surface area contributed by atoms with Gasteiger partial charge in [-0.25, -0.2) is 4.79 Å². The molecule has 42 heavy (non-hydrogen) atoms. The van der Waals surface area contributed by atoms with E-state index in [1.54, 1.807) is 26.0 Å². The molecule has 1 aliphatic rings. The molecule has 2 N–H and O–H groups in total. The van der Waals surface area contributed by atoms with Crippen LogP contribution in [0.2, 0.25) is 0 Å². The van der Waals surface area contributed by atoms with Gasteiger partial charge in [0.05, 0.1) is 6.04 Å². The molecule has 3 atom stereocenters. The van der Waals surface area contributed by atoms with Gasteiger partial charge in [0.1, 0.15) is 18.7 Å². The molecule has 2 heterocycles. The monoisotopic (exact) mass is 575 g/mol. The summed E-state index contributed by atoms with van der Waals surface area (Å²) in [7, 11) is 0. The van der Waals surface area contributed by atoms with Crippen LogP contribution in [0.5, 0.6) is 0 Å². The minimum Gasteiger partial charge on any atom is -0.445 e. The largest absolute Gasteiger partial charge is 0.445 e. The number of ether oxygens (including phenoxy) is 1. The third-order valence-corrected chi connectivity index (χ3v) is 7.16. The first-order chi connectivity index (χ1) is 20.2. The SMILES string of the molecule is CC(C)C(NC(=O)[C@@H]1CCCN1C(=O)C(NC(=O)OCc1ccccc1)C(C)C)C(=O)c1nnc(-c2ccccc2)o1. The van der Waals surface area contributed by atoms with Crippen LogP contribution in [0.25, 0.3) is 11.5 Å². The molecule has 1 aromatic heterocycles. The highest BCUT2D eigenvalue weighted by Crippen LogP contribution is 2.23. The number of carbonyl (C=O) groups excluding carboxylic acids is 4. The van der Waals surface area contributed by atoms with Crippen molar-refractivity contribution in [2.45, 2.75) is 65.3 Å². The Morgan fingerprint density at radius 2 is 1.55 bits per heavy atom. The number of amides is 3. The number of nitrogens with one attached hydrogen (secondary N) is 2. The maximum Gasteiger partial charge on any atom is 0.408 e. The van der Waals surface area contributed by atoms with Gasteiger partial charge in [-0.2, -0.15) is 0 Å². The fourth-order valence-electron chi connectivity index (χ4n) is 4.82. The Balaban J connectivity index is 1.41. The number of aromatic nitrogens is 2. The minimum absolute atomic E-state index is 0.0674. The molecule has 0 saturated carbocycles. The maximum absolute atomic E-state index is 13.6. The molecule has 4 rings (SSSR count). The van der Waals surface area contributed by atoms with Gasteiger partial charge in [0.15, 0.2) is 0 Å². The van der Waals surface area contributed by atoms with Gasteiger partial charge < -0.3 is 24.7 Å². The second-order valence-electron chi connectivity index (χ2n) is 11.0. The lowest BCUT2D eigenvalue weighted by molar-refractivity contribution is -0.141. The standard InChI is InChI=1S/C31H37N5O6/c1-19(2)24(26(37)29-35-34-28(42-29)22-14-9-6-10-15-22)32-27(38)23-16-11-17-36(23)30(39)25(20(3)4)33-31(40)41-18-21-12-7-5-8-13-21/h5-10,12-15,19-20,23-25H,11,16-18H2,1-4H3,(H,32,38)(H,33,40)/t23-,24?,25?/m0/s1. The minimum atomic E-state index is -0.939. The van der Waals surface area contributed by atoms with Crippen molar-refractivity contribution in [3.05, 3.63) is 72.1 Å². The van der Waals surface area contributed by atoms with Gasteiger partial charge in [-0.15, -0.1) is 10.2 Å². The summed E-state index contributed by atoms with van der Waals surface area (Å²) in [6.07, 6.45) is 0.321. The van der Waals surface area contributed by atoms with E-state index in [-0.39, 0.29) is 36.1 Å². The van der Waals surface area contributed by atoms with Crippen molar-refractivity contribution in [3.8, 4) is 11.5 Å². The van der Waals surface area contributed by atoms with Gasteiger partial charge in [-0.3, -0.25) is 14.4 Å². The maximum atomic E-state index is 13.6. The number of hydrogen-bond acceptors (Lipinski definition) is 8. The van der Waals surface area contributed by atoms with Crippen LogP contribution in [-0.2, 0) is 20.9 Å². The summed E-state index contributed by atoms with van der Waals surface area (Å²) < 4.78 is 10.9. The highest BCUT2D eigenvalue weighted by atomic mass is 16.5. The number of benzene rings is 2. The number of carbonyl (C=O) groups is 4. The summed E-state index contributed by atoms with van der Waals surface area (Å²) in [6, 6.07) is 15.7. The lowest BCUT2D eigenvalue weighted by atomic mass is 9.98. The molecule has 0 aliphatic carbocycles. The molecule has 1 saturated heterocycles. The normalized spacial score (nSPS) is 16.2. The zero-order valence-corrected chi connectivity index (χ0v) is 24.3. The Bertz CT molecular complexity index is 1370. The summed E-state index contributed by atoms with van der Waals surface area (Å²) in [5.41, 5.74) is 1.49. The number of Topliss-reactive ketones (excluding diaryl/α,β-unsaturated/α-hetero) is 1. The molecule has 3 amide bonds. The Kier molecular flexibility index (Phi) is 10.1. The van der Waals surface area contributed by atoms with Gasteiger partial charge in [-0.05, 0) is 42.4 Å². The molecule has 2 aromatic carbocycles. The number of alkyl carbamates (subject to hydrolysis) is 1. The number of rotatable bonds is 11. The molecule has 3 aromatic rings. The lowest BCUT2D eigenvalue weighted by Gasteiger charge is -2.31. The Hall–Kier alpha value is -4.54. The third-order valence-electron chi connectivity index (χ3n) is 7.16. The number of likely N-dealkylation sites (tertiary alicyclic amines) is 1. The Morgan fingerprint density at radius 3 is 2.19 bits per heavy atom. The molecule has 11 heteroatoms. The van der Waals surface area contributed by atoms with E-state index < -0.39 is 35.9 Å². The van der Waals surface area contributed by atoms with E-state index in [0.717, 1.165) is 5.56 Å². The van der Waals surface area contributed by atoms with Crippen molar-refractivity contribution in [2.24, 2.45) is 11.8 Å². The number of ketones is 1. The third kappa shape index (κ3) is 7.39. The number of nitrogens with zero attached hydrogens (tertiary/aromatic N) is 3. The summed E-state index contributed by atoms with van der Waals surface area (Å²) in [5.74, 6) is -1.89. The van der Waals surface area contributed by atoms with Crippen molar-refractivity contribution in [1.29, 1.82) is 0 Å². The predicted octanol–water partition coefficient (Wildman–Crippen LogP) is 4.00. The fourth-order valence-corrected chi connectivity index (χ4v) is 4.82. The molecule has 0 spiro atoms. The second-order valence-corrected chi connectivity index (χ2v) is 11.0.